The number of benzene rings is 2. The van der Waals surface area contributed by atoms with E-state index in [1.165, 1.54) is 34.7 Å². The number of nitrogens with one attached hydrogen (secondary N) is 2. The Hall–Kier alpha value is -2.97. The molecule has 0 atom stereocenters. The maximum absolute atomic E-state index is 12.2. The fourth-order valence-corrected chi connectivity index (χ4v) is 4.03. The van der Waals surface area contributed by atoms with Gasteiger partial charge in [-0.05, 0) is 35.3 Å². The molecule has 3 rings (SSSR count). The summed E-state index contributed by atoms with van der Waals surface area (Å²) < 4.78 is 0.614. The van der Waals surface area contributed by atoms with Gasteiger partial charge in [0.15, 0.2) is 4.34 Å². The fraction of sp³-hybridized carbons (Fsp3) is 0.182. The Morgan fingerprint density at radius 1 is 1.03 bits per heavy atom. The van der Waals surface area contributed by atoms with E-state index >= 15 is 0 Å². The second kappa shape index (κ2) is 10.7. The normalized spacial score (nSPS) is 11.0. The highest BCUT2D eigenvalue weighted by atomic mass is 32.2. The number of carbonyl (C=O) groups is 2. The van der Waals surface area contributed by atoms with E-state index in [0.29, 0.717) is 15.4 Å². The van der Waals surface area contributed by atoms with Crippen LogP contribution in [0.2, 0.25) is 0 Å². The average Bonchev–Trinajstić information content (AvgIpc) is 3.19. The van der Waals surface area contributed by atoms with Crippen LogP contribution in [-0.4, -0.2) is 27.8 Å². The number of amides is 2. The van der Waals surface area contributed by atoms with Crippen molar-refractivity contribution in [3.8, 4) is 0 Å². The average molecular weight is 439 g/mol. The molecule has 0 unspecified atom stereocenters. The molecule has 2 amide bonds. The highest BCUT2D eigenvalue weighted by molar-refractivity contribution is 8.01. The fourth-order valence-electron chi connectivity index (χ4n) is 2.48. The van der Waals surface area contributed by atoms with Crippen molar-refractivity contribution < 1.29 is 9.59 Å². The first-order valence-corrected chi connectivity index (χ1v) is 11.2. The molecule has 1 heterocycles. The Labute approximate surface area is 183 Å². The number of anilines is 2. The van der Waals surface area contributed by atoms with Gasteiger partial charge in [0.05, 0.1) is 5.75 Å². The van der Waals surface area contributed by atoms with E-state index in [4.69, 9.17) is 0 Å². The number of hydrogen-bond donors (Lipinski definition) is 2. The minimum atomic E-state index is -0.283. The van der Waals surface area contributed by atoms with Crippen molar-refractivity contribution in [3.63, 3.8) is 0 Å². The summed E-state index contributed by atoms with van der Waals surface area (Å²) in [5.41, 5.74) is 2.93. The molecule has 0 aliphatic rings. The Balaban J connectivity index is 1.45. The third kappa shape index (κ3) is 6.82. The summed E-state index contributed by atoms with van der Waals surface area (Å²) in [5, 5.41) is 13.9. The lowest BCUT2D eigenvalue weighted by Crippen LogP contribution is -2.13. The second-order valence-electron chi connectivity index (χ2n) is 6.72. The number of nitrogens with zero attached hydrogens (tertiary/aromatic N) is 2. The molecule has 2 aromatic carbocycles. The van der Waals surface area contributed by atoms with E-state index in [0.717, 1.165) is 11.3 Å². The molecule has 0 aliphatic heterocycles. The molecule has 0 spiro atoms. The van der Waals surface area contributed by atoms with Crippen LogP contribution < -0.4 is 10.6 Å². The second-order valence-corrected chi connectivity index (χ2v) is 8.92. The van der Waals surface area contributed by atoms with Crippen molar-refractivity contribution in [2.24, 2.45) is 0 Å². The van der Waals surface area contributed by atoms with Gasteiger partial charge in [0, 0.05) is 11.8 Å². The van der Waals surface area contributed by atoms with Gasteiger partial charge < -0.3 is 5.32 Å². The Bertz CT molecular complexity index is 1020. The van der Waals surface area contributed by atoms with Crippen LogP contribution in [0, 0.1) is 0 Å². The van der Waals surface area contributed by atoms with E-state index in [-0.39, 0.29) is 17.6 Å². The molecule has 0 saturated heterocycles. The third-order valence-corrected chi connectivity index (χ3v) is 6.02. The van der Waals surface area contributed by atoms with Gasteiger partial charge in [0.1, 0.15) is 0 Å². The van der Waals surface area contributed by atoms with Crippen LogP contribution in [0.4, 0.5) is 10.8 Å². The molecule has 2 N–H and O–H groups in total. The zero-order valence-corrected chi connectivity index (χ0v) is 18.3. The molecule has 0 saturated carbocycles. The smallest absolute Gasteiger partial charge is 0.250 e. The van der Waals surface area contributed by atoms with Crippen molar-refractivity contribution in [2.75, 3.05) is 16.4 Å². The molecule has 154 valence electrons. The van der Waals surface area contributed by atoms with Crippen LogP contribution >= 0.6 is 23.1 Å². The third-order valence-electron chi connectivity index (χ3n) is 4.05. The van der Waals surface area contributed by atoms with Gasteiger partial charge in [-0.2, -0.15) is 0 Å². The highest BCUT2D eigenvalue weighted by Gasteiger charge is 2.10. The Morgan fingerprint density at radius 2 is 1.77 bits per heavy atom. The van der Waals surface area contributed by atoms with Crippen molar-refractivity contribution >= 4 is 51.8 Å². The summed E-state index contributed by atoms with van der Waals surface area (Å²) in [7, 11) is 0. The molecule has 0 aliphatic carbocycles. The molecule has 6 nitrogen and oxygen atoms in total. The van der Waals surface area contributed by atoms with E-state index in [9.17, 15) is 9.59 Å². The summed E-state index contributed by atoms with van der Waals surface area (Å²) >= 11 is 2.51. The van der Waals surface area contributed by atoms with Crippen LogP contribution in [0.15, 0.2) is 65.0 Å². The number of rotatable bonds is 8. The quantitative estimate of drug-likeness (QED) is 0.292. The first-order valence-electron chi connectivity index (χ1n) is 9.40. The number of aromatic nitrogens is 2. The summed E-state index contributed by atoms with van der Waals surface area (Å²) in [6.07, 6.45) is 3.17. The lowest BCUT2D eigenvalue weighted by Gasteiger charge is -2.08. The van der Waals surface area contributed by atoms with E-state index < -0.39 is 0 Å². The van der Waals surface area contributed by atoms with Crippen LogP contribution in [0.25, 0.3) is 6.08 Å². The Kier molecular flexibility index (Phi) is 7.75. The standard InChI is InChI=1S/C22H22N4O2S2/c1-15(2)17-9-11-18(12-10-17)23-20(28)14-29-22-26-25-21(30-22)24-19(27)13-8-16-6-4-3-5-7-16/h3-13,15H,14H2,1-2H3,(H,23,28)(H,24,25,27)/b13-8+. The molecule has 0 radical (unpaired) electrons. The van der Waals surface area contributed by atoms with Crippen molar-refractivity contribution in [1.29, 1.82) is 0 Å². The van der Waals surface area contributed by atoms with Crippen LogP contribution in [0.3, 0.4) is 0 Å². The number of hydrogen-bond acceptors (Lipinski definition) is 6. The van der Waals surface area contributed by atoms with E-state index in [1.807, 2.05) is 54.6 Å². The zero-order valence-electron chi connectivity index (χ0n) is 16.7. The number of thioether (sulfide) groups is 1. The summed E-state index contributed by atoms with van der Waals surface area (Å²) in [6, 6.07) is 17.4. The van der Waals surface area contributed by atoms with Crippen LogP contribution in [0.5, 0.6) is 0 Å². The molecule has 0 fully saturated rings. The van der Waals surface area contributed by atoms with E-state index in [1.54, 1.807) is 6.08 Å². The van der Waals surface area contributed by atoms with Gasteiger partial charge in [-0.15, -0.1) is 10.2 Å². The molecule has 1 aromatic heterocycles. The van der Waals surface area contributed by atoms with Gasteiger partial charge in [-0.25, -0.2) is 0 Å². The lowest BCUT2D eigenvalue weighted by atomic mass is 10.0. The SMILES string of the molecule is CC(C)c1ccc(NC(=O)CSc2nnc(NC(=O)/C=C/c3ccccc3)s2)cc1. The van der Waals surface area contributed by atoms with Crippen molar-refractivity contribution in [1.82, 2.24) is 10.2 Å². The molecule has 8 heteroatoms. The first-order chi connectivity index (χ1) is 14.5. The van der Waals surface area contributed by atoms with Crippen molar-refractivity contribution in [2.45, 2.75) is 24.1 Å². The monoisotopic (exact) mass is 438 g/mol. The summed E-state index contributed by atoms with van der Waals surface area (Å²) in [6.45, 7) is 4.26. The summed E-state index contributed by atoms with van der Waals surface area (Å²) in [5.74, 6) is 0.256. The maximum Gasteiger partial charge on any atom is 0.250 e. The van der Waals surface area contributed by atoms with Gasteiger partial charge in [-0.3, -0.25) is 14.9 Å². The van der Waals surface area contributed by atoms with Crippen molar-refractivity contribution in [3.05, 3.63) is 71.8 Å². The minimum Gasteiger partial charge on any atom is -0.325 e. The van der Waals surface area contributed by atoms with Gasteiger partial charge in [-0.1, -0.05) is 79.4 Å². The Morgan fingerprint density at radius 3 is 2.47 bits per heavy atom. The zero-order chi connectivity index (χ0) is 21.3. The molecular weight excluding hydrogens is 416 g/mol. The van der Waals surface area contributed by atoms with Crippen LogP contribution in [0.1, 0.15) is 30.9 Å². The summed E-state index contributed by atoms with van der Waals surface area (Å²) in [4.78, 5) is 24.2. The minimum absolute atomic E-state index is 0.121. The largest absolute Gasteiger partial charge is 0.325 e. The molecule has 0 bridgehead atoms. The molecule has 3 aromatic rings. The topological polar surface area (TPSA) is 84.0 Å². The highest BCUT2D eigenvalue weighted by Crippen LogP contribution is 2.25. The van der Waals surface area contributed by atoms with Gasteiger partial charge in [0.25, 0.3) is 0 Å². The molecule has 30 heavy (non-hydrogen) atoms. The van der Waals surface area contributed by atoms with E-state index in [2.05, 4.69) is 34.7 Å². The van der Waals surface area contributed by atoms with Crippen LogP contribution in [-0.2, 0) is 9.59 Å². The molecular formula is C22H22N4O2S2. The van der Waals surface area contributed by atoms with Gasteiger partial charge in [0.2, 0.25) is 16.9 Å². The lowest BCUT2D eigenvalue weighted by molar-refractivity contribution is -0.114. The predicted octanol–water partition coefficient (Wildman–Crippen LogP) is 5.04. The maximum atomic E-state index is 12.2. The predicted molar refractivity (Wildman–Crippen MR) is 124 cm³/mol. The number of carbonyl (C=O) groups excluding carboxylic acids is 2. The first kappa shape index (κ1) is 21.7. The van der Waals surface area contributed by atoms with Gasteiger partial charge >= 0.3 is 0 Å².